The van der Waals surface area contributed by atoms with Gasteiger partial charge in [0, 0.05) is 6.07 Å². The number of ketones is 1. The molecule has 1 heterocycles. The van der Waals surface area contributed by atoms with Crippen LogP contribution in [0, 0.1) is 0 Å². The highest BCUT2D eigenvalue weighted by Gasteiger charge is 2.10. The number of hydrogen-bond donors (Lipinski definition) is 0. The lowest BCUT2D eigenvalue weighted by atomic mass is 10.3. The molecular formula is C12H7BrCl2O2S. The summed E-state index contributed by atoms with van der Waals surface area (Å²) in [6, 6.07) is 8.48. The molecule has 0 unspecified atom stereocenters. The molecule has 0 aliphatic carbocycles. The molecule has 6 heteroatoms. The van der Waals surface area contributed by atoms with E-state index in [0.29, 0.717) is 20.7 Å². The molecule has 0 aliphatic rings. The van der Waals surface area contributed by atoms with Crippen LogP contribution in [0.15, 0.2) is 34.1 Å². The topological polar surface area (TPSA) is 26.3 Å². The summed E-state index contributed by atoms with van der Waals surface area (Å²) in [7, 11) is 0. The summed E-state index contributed by atoms with van der Waals surface area (Å²) in [5, 5.41) is 0.859. The quantitative estimate of drug-likeness (QED) is 0.706. The smallest absolute Gasteiger partial charge is 0.210 e. The molecule has 1 aromatic carbocycles. The van der Waals surface area contributed by atoms with Crippen LogP contribution >= 0.6 is 50.5 Å². The monoisotopic (exact) mass is 364 g/mol. The van der Waals surface area contributed by atoms with Crippen LogP contribution in [0.1, 0.15) is 9.67 Å². The summed E-state index contributed by atoms with van der Waals surface area (Å²) in [5.41, 5.74) is 0. The molecule has 0 N–H and O–H groups in total. The number of carbonyl (C=O) groups is 1. The second kappa shape index (κ2) is 6.06. The summed E-state index contributed by atoms with van der Waals surface area (Å²) in [6.45, 7) is -0.0229. The molecule has 0 saturated heterocycles. The highest BCUT2D eigenvalue weighted by Crippen LogP contribution is 2.27. The zero-order valence-corrected chi connectivity index (χ0v) is 12.9. The van der Waals surface area contributed by atoms with E-state index in [0.717, 1.165) is 3.79 Å². The van der Waals surface area contributed by atoms with Crippen LogP contribution in [0.5, 0.6) is 5.75 Å². The van der Waals surface area contributed by atoms with E-state index in [1.165, 1.54) is 11.3 Å². The normalized spacial score (nSPS) is 10.4. The predicted octanol–water partition coefficient (Wildman–Crippen LogP) is 5.08. The molecule has 2 nitrogen and oxygen atoms in total. The zero-order valence-electron chi connectivity index (χ0n) is 8.95. The Bertz CT molecular complexity index is 583. The third kappa shape index (κ3) is 3.48. The van der Waals surface area contributed by atoms with Gasteiger partial charge in [-0.15, -0.1) is 11.3 Å². The van der Waals surface area contributed by atoms with Crippen molar-refractivity contribution in [3.63, 3.8) is 0 Å². The molecular weight excluding hydrogens is 359 g/mol. The van der Waals surface area contributed by atoms with Crippen molar-refractivity contribution in [3.8, 4) is 5.75 Å². The maximum atomic E-state index is 11.8. The van der Waals surface area contributed by atoms with Crippen molar-refractivity contribution in [2.45, 2.75) is 0 Å². The van der Waals surface area contributed by atoms with Crippen molar-refractivity contribution in [2.75, 3.05) is 6.61 Å². The predicted molar refractivity (Wildman–Crippen MR) is 78.3 cm³/mol. The van der Waals surface area contributed by atoms with E-state index in [2.05, 4.69) is 15.9 Å². The minimum Gasteiger partial charge on any atom is -0.485 e. The molecule has 0 atom stereocenters. The van der Waals surface area contributed by atoms with Gasteiger partial charge in [-0.3, -0.25) is 4.79 Å². The summed E-state index contributed by atoms with van der Waals surface area (Å²) in [6.07, 6.45) is 0. The molecule has 2 rings (SSSR count). The summed E-state index contributed by atoms with van der Waals surface area (Å²) >= 11 is 16.3. The fraction of sp³-hybridized carbons (Fsp3) is 0.0833. The number of rotatable bonds is 4. The van der Waals surface area contributed by atoms with Crippen molar-refractivity contribution >= 4 is 56.3 Å². The molecule has 0 bridgehead atoms. The van der Waals surface area contributed by atoms with Gasteiger partial charge in [0.25, 0.3) is 0 Å². The van der Waals surface area contributed by atoms with E-state index in [9.17, 15) is 4.79 Å². The van der Waals surface area contributed by atoms with Crippen LogP contribution in [-0.2, 0) is 0 Å². The Morgan fingerprint density at radius 3 is 2.61 bits per heavy atom. The number of benzene rings is 1. The molecule has 0 fully saturated rings. The minimum atomic E-state index is -0.0724. The SMILES string of the molecule is O=C(COc1ccc(Cl)c(Cl)c1)c1ccc(Br)s1. The fourth-order valence-corrected chi connectivity index (χ4v) is 2.85. The maximum absolute atomic E-state index is 11.8. The third-order valence-electron chi connectivity index (χ3n) is 2.11. The molecule has 2 aromatic rings. The van der Waals surface area contributed by atoms with Gasteiger partial charge >= 0.3 is 0 Å². The summed E-state index contributed by atoms with van der Waals surface area (Å²) < 4.78 is 6.28. The van der Waals surface area contributed by atoms with Gasteiger partial charge < -0.3 is 4.74 Å². The van der Waals surface area contributed by atoms with Gasteiger partial charge in [0.2, 0.25) is 5.78 Å². The van der Waals surface area contributed by atoms with E-state index in [4.69, 9.17) is 27.9 Å². The average Bonchev–Trinajstić information content (AvgIpc) is 2.77. The van der Waals surface area contributed by atoms with Gasteiger partial charge in [-0.2, -0.15) is 0 Å². The number of carbonyl (C=O) groups excluding carboxylic acids is 1. The molecule has 0 spiro atoms. The lowest BCUT2D eigenvalue weighted by Gasteiger charge is -2.05. The Balaban J connectivity index is 1.99. The number of halogens is 3. The highest BCUT2D eigenvalue weighted by molar-refractivity contribution is 9.11. The first kappa shape index (κ1) is 13.9. The standard InChI is InChI=1S/C12H7BrCl2O2S/c13-12-4-3-11(18-12)10(16)6-17-7-1-2-8(14)9(15)5-7/h1-5H,6H2. The Hall–Kier alpha value is -0.550. The lowest BCUT2D eigenvalue weighted by molar-refractivity contribution is 0.0925. The van der Waals surface area contributed by atoms with Crippen LogP contribution in [0.25, 0.3) is 0 Å². The molecule has 0 amide bonds. The van der Waals surface area contributed by atoms with Crippen LogP contribution in [-0.4, -0.2) is 12.4 Å². The number of hydrogen-bond acceptors (Lipinski definition) is 3. The van der Waals surface area contributed by atoms with Crippen molar-refractivity contribution < 1.29 is 9.53 Å². The van der Waals surface area contributed by atoms with Crippen LogP contribution in [0.2, 0.25) is 10.0 Å². The minimum absolute atomic E-state index is 0.0229. The van der Waals surface area contributed by atoms with Crippen molar-refractivity contribution in [2.24, 2.45) is 0 Å². The van der Waals surface area contributed by atoms with Gasteiger partial charge in [0.1, 0.15) is 5.75 Å². The van der Waals surface area contributed by atoms with Crippen molar-refractivity contribution in [1.29, 1.82) is 0 Å². The average molecular weight is 366 g/mol. The molecule has 18 heavy (non-hydrogen) atoms. The van der Waals surface area contributed by atoms with Crippen molar-refractivity contribution in [1.82, 2.24) is 0 Å². The molecule has 1 aromatic heterocycles. The first-order valence-corrected chi connectivity index (χ1v) is 7.29. The number of Topliss-reactive ketones (excluding diaryl/α,β-unsaturated/α-hetero) is 1. The van der Waals surface area contributed by atoms with Crippen molar-refractivity contribution in [3.05, 3.63) is 49.0 Å². The van der Waals surface area contributed by atoms with E-state index in [1.807, 2.05) is 6.07 Å². The number of ether oxygens (including phenoxy) is 1. The summed E-state index contributed by atoms with van der Waals surface area (Å²) in [4.78, 5) is 12.4. The molecule has 94 valence electrons. The highest BCUT2D eigenvalue weighted by atomic mass is 79.9. The summed E-state index contributed by atoms with van der Waals surface area (Å²) in [5.74, 6) is 0.449. The van der Waals surface area contributed by atoms with E-state index in [1.54, 1.807) is 24.3 Å². The first-order chi connectivity index (χ1) is 8.56. The first-order valence-electron chi connectivity index (χ1n) is 4.92. The van der Waals surface area contributed by atoms with Gasteiger partial charge in [-0.25, -0.2) is 0 Å². The van der Waals surface area contributed by atoms with Gasteiger partial charge in [-0.1, -0.05) is 23.2 Å². The zero-order chi connectivity index (χ0) is 13.1. The van der Waals surface area contributed by atoms with Gasteiger partial charge in [0.15, 0.2) is 6.61 Å². The van der Waals surface area contributed by atoms with Crippen LogP contribution in [0.3, 0.4) is 0 Å². The third-order valence-corrected chi connectivity index (χ3v) is 4.51. The van der Waals surface area contributed by atoms with E-state index < -0.39 is 0 Å². The largest absolute Gasteiger partial charge is 0.485 e. The Morgan fingerprint density at radius 1 is 1.22 bits per heavy atom. The lowest BCUT2D eigenvalue weighted by Crippen LogP contribution is -2.09. The van der Waals surface area contributed by atoms with Crippen LogP contribution in [0.4, 0.5) is 0 Å². The molecule has 0 radical (unpaired) electrons. The molecule has 0 aliphatic heterocycles. The van der Waals surface area contributed by atoms with E-state index in [-0.39, 0.29) is 12.4 Å². The van der Waals surface area contributed by atoms with Gasteiger partial charge in [0.05, 0.1) is 18.7 Å². The van der Waals surface area contributed by atoms with Crippen LogP contribution < -0.4 is 4.74 Å². The second-order valence-electron chi connectivity index (χ2n) is 3.39. The van der Waals surface area contributed by atoms with Gasteiger partial charge in [-0.05, 0) is 40.2 Å². The number of thiophene rings is 1. The fourth-order valence-electron chi connectivity index (χ4n) is 1.25. The Labute approximate surface area is 127 Å². The van der Waals surface area contributed by atoms with E-state index >= 15 is 0 Å². The molecule has 0 saturated carbocycles. The Kier molecular flexibility index (Phi) is 4.67. The maximum Gasteiger partial charge on any atom is 0.210 e. The Morgan fingerprint density at radius 2 is 2.00 bits per heavy atom. The second-order valence-corrected chi connectivity index (χ2v) is 6.67.